The lowest BCUT2D eigenvalue weighted by atomic mass is 10.2. The van der Waals surface area contributed by atoms with E-state index in [-0.39, 0.29) is 29.7 Å². The van der Waals surface area contributed by atoms with Crippen molar-refractivity contribution in [2.45, 2.75) is 6.92 Å². The fourth-order valence-corrected chi connectivity index (χ4v) is 3.65. The van der Waals surface area contributed by atoms with Gasteiger partial charge in [0.15, 0.2) is 12.3 Å². The molecule has 4 rings (SSSR count). The number of nitrogens with zero attached hydrogens (tertiary/aromatic N) is 4. The van der Waals surface area contributed by atoms with Gasteiger partial charge in [0.1, 0.15) is 5.75 Å². The van der Waals surface area contributed by atoms with Crippen molar-refractivity contribution in [2.24, 2.45) is 0 Å². The molecule has 0 bridgehead atoms. The van der Waals surface area contributed by atoms with Gasteiger partial charge in [0.05, 0.1) is 4.92 Å². The van der Waals surface area contributed by atoms with Crippen LogP contribution in [0.3, 0.4) is 0 Å². The summed E-state index contributed by atoms with van der Waals surface area (Å²) >= 11 is 0. The van der Waals surface area contributed by atoms with Crippen LogP contribution in [0.4, 0.5) is 11.4 Å². The highest BCUT2D eigenvalue weighted by atomic mass is 16.6. The molecule has 1 saturated heterocycles. The van der Waals surface area contributed by atoms with Crippen LogP contribution in [-0.4, -0.2) is 53.7 Å². The Kier molecular flexibility index (Phi) is 6.68. The average Bonchev–Trinajstić information content (AvgIpc) is 3.23. The average molecular weight is 448 g/mol. The largest absolute Gasteiger partial charge is 0.484 e. The third-order valence-electron chi connectivity index (χ3n) is 5.46. The maximum Gasteiger partial charge on any atom is 0.338 e. The Morgan fingerprint density at radius 3 is 2.45 bits per heavy atom. The summed E-state index contributed by atoms with van der Waals surface area (Å²) in [5.74, 6) is 0.625. The standard InChI is InChI=1S/C24H24N4O5/c1-18-24(28(30)31)22(33-25-18)12-9-19-7-10-21(11-8-19)32-17-23(29)27-15-13-26(14-16-27)20-5-3-2-4-6-20/h2-12H,13-17H2,1H3. The number of hydrogen-bond donors (Lipinski definition) is 0. The van der Waals surface area contributed by atoms with E-state index in [1.54, 1.807) is 30.3 Å². The Balaban J connectivity index is 1.27. The van der Waals surface area contributed by atoms with E-state index in [4.69, 9.17) is 9.26 Å². The van der Waals surface area contributed by atoms with Gasteiger partial charge in [-0.05, 0) is 42.8 Å². The maximum absolute atomic E-state index is 12.5. The van der Waals surface area contributed by atoms with E-state index in [9.17, 15) is 14.9 Å². The Hall–Kier alpha value is -4.14. The molecule has 0 spiro atoms. The number of amides is 1. The van der Waals surface area contributed by atoms with Gasteiger partial charge in [0.2, 0.25) is 5.76 Å². The van der Waals surface area contributed by atoms with E-state index in [2.05, 4.69) is 22.2 Å². The van der Waals surface area contributed by atoms with E-state index >= 15 is 0 Å². The SMILES string of the molecule is Cc1noc(C=Cc2ccc(OCC(=O)N3CCN(c4ccccc4)CC3)cc2)c1[N+](=O)[O-]. The number of aromatic nitrogens is 1. The van der Waals surface area contributed by atoms with Gasteiger partial charge >= 0.3 is 5.69 Å². The fraction of sp³-hybridized carbons (Fsp3) is 0.250. The number of para-hydroxylation sites is 1. The molecule has 0 radical (unpaired) electrons. The topological polar surface area (TPSA) is 102 Å². The zero-order valence-electron chi connectivity index (χ0n) is 18.2. The van der Waals surface area contributed by atoms with Gasteiger partial charge < -0.3 is 19.1 Å². The van der Waals surface area contributed by atoms with Crippen molar-refractivity contribution in [1.29, 1.82) is 0 Å². The molecule has 2 aromatic carbocycles. The van der Waals surface area contributed by atoms with E-state index in [1.807, 2.05) is 23.1 Å². The second-order valence-corrected chi connectivity index (χ2v) is 7.63. The van der Waals surface area contributed by atoms with Crippen LogP contribution in [0.25, 0.3) is 12.2 Å². The fourth-order valence-electron chi connectivity index (χ4n) is 3.65. The lowest BCUT2D eigenvalue weighted by Crippen LogP contribution is -2.50. The van der Waals surface area contributed by atoms with Crippen LogP contribution in [-0.2, 0) is 4.79 Å². The van der Waals surface area contributed by atoms with E-state index in [1.165, 1.54) is 18.7 Å². The first-order valence-corrected chi connectivity index (χ1v) is 10.6. The quantitative estimate of drug-likeness (QED) is 0.400. The Bertz CT molecular complexity index is 1130. The molecular weight excluding hydrogens is 424 g/mol. The molecule has 33 heavy (non-hydrogen) atoms. The molecule has 1 aliphatic heterocycles. The minimum Gasteiger partial charge on any atom is -0.484 e. The smallest absolute Gasteiger partial charge is 0.338 e. The van der Waals surface area contributed by atoms with Crippen LogP contribution in [0, 0.1) is 17.0 Å². The predicted octanol–water partition coefficient (Wildman–Crippen LogP) is 3.79. The number of carbonyl (C=O) groups excluding carboxylic acids is 1. The monoisotopic (exact) mass is 448 g/mol. The van der Waals surface area contributed by atoms with Gasteiger partial charge in [0, 0.05) is 31.9 Å². The van der Waals surface area contributed by atoms with E-state index in [0.717, 1.165) is 18.7 Å². The highest BCUT2D eigenvalue weighted by Crippen LogP contribution is 2.25. The van der Waals surface area contributed by atoms with Gasteiger partial charge in [0.25, 0.3) is 5.91 Å². The number of rotatable bonds is 7. The summed E-state index contributed by atoms with van der Waals surface area (Å²) in [6.07, 6.45) is 3.20. The van der Waals surface area contributed by atoms with Crippen molar-refractivity contribution in [1.82, 2.24) is 10.1 Å². The Morgan fingerprint density at radius 1 is 1.09 bits per heavy atom. The third-order valence-corrected chi connectivity index (χ3v) is 5.46. The van der Waals surface area contributed by atoms with Gasteiger partial charge in [-0.3, -0.25) is 14.9 Å². The molecule has 0 aliphatic carbocycles. The van der Waals surface area contributed by atoms with Gasteiger partial charge in [-0.15, -0.1) is 0 Å². The Morgan fingerprint density at radius 2 is 1.79 bits per heavy atom. The number of aryl methyl sites for hydroxylation is 1. The summed E-state index contributed by atoms with van der Waals surface area (Å²) in [5.41, 5.74) is 2.06. The van der Waals surface area contributed by atoms with Crippen molar-refractivity contribution >= 4 is 29.4 Å². The molecule has 1 aliphatic rings. The second kappa shape index (κ2) is 9.99. The summed E-state index contributed by atoms with van der Waals surface area (Å²) in [5, 5.41) is 14.7. The second-order valence-electron chi connectivity index (χ2n) is 7.63. The van der Waals surface area contributed by atoms with Crippen molar-refractivity contribution in [2.75, 3.05) is 37.7 Å². The maximum atomic E-state index is 12.5. The highest BCUT2D eigenvalue weighted by Gasteiger charge is 2.22. The van der Waals surface area contributed by atoms with E-state index < -0.39 is 4.92 Å². The number of benzene rings is 2. The molecular formula is C24H24N4O5. The first-order valence-electron chi connectivity index (χ1n) is 10.6. The summed E-state index contributed by atoms with van der Waals surface area (Å²) in [4.78, 5) is 27.2. The Labute approximate surface area is 191 Å². The van der Waals surface area contributed by atoms with Crippen molar-refractivity contribution < 1.29 is 19.0 Å². The molecule has 9 heteroatoms. The van der Waals surface area contributed by atoms with Crippen LogP contribution in [0.1, 0.15) is 17.0 Å². The molecule has 1 amide bonds. The van der Waals surface area contributed by atoms with Crippen LogP contribution in [0.15, 0.2) is 59.1 Å². The van der Waals surface area contributed by atoms with E-state index in [0.29, 0.717) is 18.8 Å². The number of ether oxygens (including phenoxy) is 1. The molecule has 9 nitrogen and oxygen atoms in total. The molecule has 0 N–H and O–H groups in total. The van der Waals surface area contributed by atoms with Gasteiger partial charge in [-0.1, -0.05) is 41.6 Å². The number of carbonyl (C=O) groups is 1. The molecule has 3 aromatic rings. The number of piperazine rings is 1. The third kappa shape index (κ3) is 5.38. The molecule has 2 heterocycles. The lowest BCUT2D eigenvalue weighted by Gasteiger charge is -2.36. The van der Waals surface area contributed by atoms with Crippen molar-refractivity contribution in [3.8, 4) is 5.75 Å². The minimum atomic E-state index is -0.513. The molecule has 1 aromatic heterocycles. The summed E-state index contributed by atoms with van der Waals surface area (Å²) in [7, 11) is 0. The van der Waals surface area contributed by atoms with Crippen LogP contribution >= 0.6 is 0 Å². The van der Waals surface area contributed by atoms with Crippen LogP contribution < -0.4 is 9.64 Å². The summed E-state index contributed by atoms with van der Waals surface area (Å²) in [6, 6.07) is 17.3. The first-order chi connectivity index (χ1) is 16.0. The summed E-state index contributed by atoms with van der Waals surface area (Å²) < 4.78 is 10.7. The highest BCUT2D eigenvalue weighted by molar-refractivity contribution is 5.78. The van der Waals surface area contributed by atoms with Crippen LogP contribution in [0.2, 0.25) is 0 Å². The number of nitro groups is 1. The molecule has 1 fully saturated rings. The van der Waals surface area contributed by atoms with Crippen molar-refractivity contribution in [3.05, 3.63) is 81.7 Å². The molecule has 0 saturated carbocycles. The molecule has 0 atom stereocenters. The number of hydrogen-bond acceptors (Lipinski definition) is 7. The van der Waals surface area contributed by atoms with Crippen LogP contribution in [0.5, 0.6) is 5.75 Å². The summed E-state index contributed by atoms with van der Waals surface area (Å²) in [6.45, 7) is 4.40. The van der Waals surface area contributed by atoms with Gasteiger partial charge in [-0.25, -0.2) is 0 Å². The normalized spacial score (nSPS) is 14.0. The van der Waals surface area contributed by atoms with Crippen molar-refractivity contribution in [3.63, 3.8) is 0 Å². The zero-order chi connectivity index (χ0) is 23.2. The predicted molar refractivity (Wildman–Crippen MR) is 124 cm³/mol. The minimum absolute atomic E-state index is 0.0238. The van der Waals surface area contributed by atoms with Gasteiger partial charge in [-0.2, -0.15) is 0 Å². The first kappa shape index (κ1) is 22.1. The molecule has 0 unspecified atom stereocenters. The zero-order valence-corrected chi connectivity index (χ0v) is 18.2. The molecule has 170 valence electrons. The lowest BCUT2D eigenvalue weighted by molar-refractivity contribution is -0.386. The number of anilines is 1.